The molecule has 0 aromatic heterocycles. The SMILES string of the molecule is C/C=C(\COCC)N(C=O)CCN1CCNCC1. The van der Waals surface area contributed by atoms with E-state index < -0.39 is 0 Å². The van der Waals surface area contributed by atoms with Crippen molar-refractivity contribution in [1.82, 2.24) is 15.1 Å². The fraction of sp³-hybridized carbons (Fsp3) is 0.769. The lowest BCUT2D eigenvalue weighted by molar-refractivity contribution is -0.117. The van der Waals surface area contributed by atoms with Gasteiger partial charge in [0.15, 0.2) is 0 Å². The van der Waals surface area contributed by atoms with Crippen LogP contribution in [0.3, 0.4) is 0 Å². The number of nitrogens with zero attached hydrogens (tertiary/aromatic N) is 2. The first-order valence-electron chi connectivity index (χ1n) is 6.69. The van der Waals surface area contributed by atoms with Crippen molar-refractivity contribution in [3.05, 3.63) is 11.8 Å². The molecule has 1 amide bonds. The van der Waals surface area contributed by atoms with Crippen LogP contribution in [0.25, 0.3) is 0 Å². The van der Waals surface area contributed by atoms with Crippen LogP contribution in [0.5, 0.6) is 0 Å². The Labute approximate surface area is 110 Å². The summed E-state index contributed by atoms with van der Waals surface area (Å²) in [6.45, 7) is 10.9. The smallest absolute Gasteiger partial charge is 0.213 e. The maximum atomic E-state index is 11.1. The van der Waals surface area contributed by atoms with Crippen molar-refractivity contribution >= 4 is 6.41 Å². The first-order valence-corrected chi connectivity index (χ1v) is 6.69. The maximum absolute atomic E-state index is 11.1. The number of hydrogen-bond donors (Lipinski definition) is 1. The van der Waals surface area contributed by atoms with E-state index in [9.17, 15) is 4.79 Å². The van der Waals surface area contributed by atoms with Gasteiger partial charge in [-0.3, -0.25) is 9.69 Å². The quantitative estimate of drug-likeness (QED) is 0.633. The van der Waals surface area contributed by atoms with Crippen molar-refractivity contribution in [3.63, 3.8) is 0 Å². The fourth-order valence-electron chi connectivity index (χ4n) is 1.99. The molecule has 1 heterocycles. The van der Waals surface area contributed by atoms with Gasteiger partial charge in [-0.05, 0) is 13.8 Å². The second kappa shape index (κ2) is 9.08. The van der Waals surface area contributed by atoms with E-state index in [-0.39, 0.29) is 0 Å². The Morgan fingerprint density at radius 1 is 1.44 bits per heavy atom. The van der Waals surface area contributed by atoms with Crippen molar-refractivity contribution in [2.24, 2.45) is 0 Å². The number of nitrogens with one attached hydrogen (secondary N) is 1. The van der Waals surface area contributed by atoms with Gasteiger partial charge in [0.2, 0.25) is 6.41 Å². The molecule has 5 nitrogen and oxygen atoms in total. The van der Waals surface area contributed by atoms with Gasteiger partial charge >= 0.3 is 0 Å². The maximum Gasteiger partial charge on any atom is 0.213 e. The third-order valence-corrected chi connectivity index (χ3v) is 3.15. The molecule has 0 aromatic carbocycles. The number of carbonyl (C=O) groups excluding carboxylic acids is 1. The Kier molecular flexibility index (Phi) is 7.64. The van der Waals surface area contributed by atoms with Gasteiger partial charge < -0.3 is 15.0 Å². The first-order chi connectivity index (χ1) is 8.81. The van der Waals surface area contributed by atoms with Crippen molar-refractivity contribution in [3.8, 4) is 0 Å². The molecule has 1 fully saturated rings. The van der Waals surface area contributed by atoms with Crippen LogP contribution < -0.4 is 5.32 Å². The zero-order chi connectivity index (χ0) is 13.2. The molecule has 0 unspecified atom stereocenters. The van der Waals surface area contributed by atoms with Gasteiger partial charge in [-0.25, -0.2) is 0 Å². The largest absolute Gasteiger partial charge is 0.376 e. The van der Waals surface area contributed by atoms with E-state index in [0.29, 0.717) is 13.2 Å². The number of rotatable bonds is 8. The highest BCUT2D eigenvalue weighted by Gasteiger charge is 2.13. The van der Waals surface area contributed by atoms with E-state index >= 15 is 0 Å². The number of hydrogen-bond acceptors (Lipinski definition) is 4. The molecule has 1 aliphatic rings. The van der Waals surface area contributed by atoms with E-state index in [1.807, 2.05) is 19.9 Å². The molecule has 104 valence electrons. The number of ether oxygens (including phenoxy) is 1. The summed E-state index contributed by atoms with van der Waals surface area (Å²) in [7, 11) is 0. The van der Waals surface area contributed by atoms with Crippen LogP contribution >= 0.6 is 0 Å². The Bertz CT molecular complexity index is 263. The highest BCUT2D eigenvalue weighted by Crippen LogP contribution is 2.03. The predicted molar refractivity (Wildman–Crippen MR) is 72.3 cm³/mol. The van der Waals surface area contributed by atoms with Crippen LogP contribution in [0.1, 0.15) is 13.8 Å². The van der Waals surface area contributed by atoms with E-state index in [1.165, 1.54) is 0 Å². The summed E-state index contributed by atoms with van der Waals surface area (Å²) in [6.07, 6.45) is 2.85. The standard InChI is InChI=1S/C13H25N3O2/c1-3-13(11-18-4-2)16(12-17)10-9-15-7-5-14-6-8-15/h3,12,14H,4-11H2,1-2H3/b13-3+. The van der Waals surface area contributed by atoms with Crippen LogP contribution in [0.4, 0.5) is 0 Å². The van der Waals surface area contributed by atoms with E-state index in [4.69, 9.17) is 4.74 Å². The van der Waals surface area contributed by atoms with Gasteiger partial charge in [-0.2, -0.15) is 0 Å². The third kappa shape index (κ3) is 5.16. The zero-order valence-electron chi connectivity index (χ0n) is 11.5. The fourth-order valence-corrected chi connectivity index (χ4v) is 1.99. The van der Waals surface area contributed by atoms with E-state index in [0.717, 1.165) is 51.4 Å². The van der Waals surface area contributed by atoms with E-state index in [1.54, 1.807) is 4.90 Å². The van der Waals surface area contributed by atoms with Gasteiger partial charge in [0.1, 0.15) is 0 Å². The summed E-state index contributed by atoms with van der Waals surface area (Å²) >= 11 is 0. The summed E-state index contributed by atoms with van der Waals surface area (Å²) in [5.41, 5.74) is 0.946. The highest BCUT2D eigenvalue weighted by atomic mass is 16.5. The molecular formula is C13H25N3O2. The van der Waals surface area contributed by atoms with Gasteiger partial charge in [-0.1, -0.05) is 6.08 Å². The number of allylic oxidation sites excluding steroid dienone is 1. The molecule has 1 aliphatic heterocycles. The molecule has 0 spiro atoms. The summed E-state index contributed by atoms with van der Waals surface area (Å²) in [6, 6.07) is 0. The molecule has 1 rings (SSSR count). The molecule has 0 bridgehead atoms. The number of amides is 1. The topological polar surface area (TPSA) is 44.8 Å². The Morgan fingerprint density at radius 2 is 2.17 bits per heavy atom. The summed E-state index contributed by atoms with van der Waals surface area (Å²) in [4.78, 5) is 15.3. The summed E-state index contributed by atoms with van der Waals surface area (Å²) < 4.78 is 5.37. The number of carbonyl (C=O) groups is 1. The molecule has 5 heteroatoms. The molecule has 0 aliphatic carbocycles. The Balaban J connectivity index is 2.36. The summed E-state index contributed by atoms with van der Waals surface area (Å²) in [5, 5.41) is 3.32. The minimum atomic E-state index is 0.507. The molecule has 0 saturated carbocycles. The molecule has 0 radical (unpaired) electrons. The van der Waals surface area contributed by atoms with Crippen molar-refractivity contribution in [1.29, 1.82) is 0 Å². The van der Waals surface area contributed by atoms with Crippen molar-refractivity contribution in [2.75, 3.05) is 52.5 Å². The first kappa shape index (κ1) is 15.1. The van der Waals surface area contributed by atoms with E-state index in [2.05, 4.69) is 10.2 Å². The van der Waals surface area contributed by atoms with Crippen molar-refractivity contribution < 1.29 is 9.53 Å². The Morgan fingerprint density at radius 3 is 2.72 bits per heavy atom. The number of piperazine rings is 1. The van der Waals surface area contributed by atoms with Crippen LogP contribution in [-0.2, 0) is 9.53 Å². The molecule has 18 heavy (non-hydrogen) atoms. The minimum absolute atomic E-state index is 0.507. The molecular weight excluding hydrogens is 230 g/mol. The average Bonchev–Trinajstić information content (AvgIpc) is 2.43. The second-order valence-electron chi connectivity index (χ2n) is 4.31. The summed E-state index contributed by atoms with van der Waals surface area (Å²) in [5.74, 6) is 0. The third-order valence-electron chi connectivity index (χ3n) is 3.15. The van der Waals surface area contributed by atoms with Gasteiger partial charge in [0.25, 0.3) is 0 Å². The molecule has 0 atom stereocenters. The van der Waals surface area contributed by atoms with Gasteiger partial charge in [0, 0.05) is 51.6 Å². The Hall–Kier alpha value is -0.910. The zero-order valence-corrected chi connectivity index (χ0v) is 11.5. The van der Waals surface area contributed by atoms with Crippen LogP contribution in [0.15, 0.2) is 11.8 Å². The lowest BCUT2D eigenvalue weighted by atomic mass is 10.3. The lowest BCUT2D eigenvalue weighted by Gasteiger charge is -2.29. The van der Waals surface area contributed by atoms with Crippen LogP contribution in [0, 0.1) is 0 Å². The lowest BCUT2D eigenvalue weighted by Crippen LogP contribution is -2.46. The second-order valence-corrected chi connectivity index (χ2v) is 4.31. The molecule has 0 aromatic rings. The molecule has 1 N–H and O–H groups in total. The molecule has 1 saturated heterocycles. The normalized spacial score (nSPS) is 17.8. The van der Waals surface area contributed by atoms with Crippen LogP contribution in [-0.4, -0.2) is 68.7 Å². The van der Waals surface area contributed by atoms with Gasteiger partial charge in [0.05, 0.1) is 6.61 Å². The highest BCUT2D eigenvalue weighted by molar-refractivity contribution is 5.51. The predicted octanol–water partition coefficient (Wildman–Crippen LogP) is 0.290. The van der Waals surface area contributed by atoms with Crippen molar-refractivity contribution in [2.45, 2.75) is 13.8 Å². The van der Waals surface area contributed by atoms with Gasteiger partial charge in [-0.15, -0.1) is 0 Å². The monoisotopic (exact) mass is 255 g/mol. The van der Waals surface area contributed by atoms with Crippen LogP contribution in [0.2, 0.25) is 0 Å². The minimum Gasteiger partial charge on any atom is -0.376 e. The average molecular weight is 255 g/mol.